The lowest BCUT2D eigenvalue weighted by atomic mass is 10.2. The molecule has 0 fully saturated rings. The first-order chi connectivity index (χ1) is 13.5. The highest BCUT2D eigenvalue weighted by molar-refractivity contribution is 7.98. The second kappa shape index (κ2) is 9.29. The van der Waals surface area contributed by atoms with Crippen molar-refractivity contribution < 1.29 is 8.78 Å². The van der Waals surface area contributed by atoms with Gasteiger partial charge >= 0.3 is 0 Å². The molecule has 3 aromatic rings. The second-order valence-corrected chi connectivity index (χ2v) is 7.89. The lowest BCUT2D eigenvalue weighted by Gasteiger charge is -2.08. The van der Waals surface area contributed by atoms with Gasteiger partial charge in [-0.25, -0.2) is 18.7 Å². The van der Waals surface area contributed by atoms with Gasteiger partial charge in [0.1, 0.15) is 17.5 Å². The fourth-order valence-electron chi connectivity index (χ4n) is 2.54. The molecular formula is C19H19F2N5S2. The molecule has 5 nitrogen and oxygen atoms in total. The highest BCUT2D eigenvalue weighted by atomic mass is 32.2. The predicted molar refractivity (Wildman–Crippen MR) is 107 cm³/mol. The zero-order valence-electron chi connectivity index (χ0n) is 15.5. The summed E-state index contributed by atoms with van der Waals surface area (Å²) in [6.07, 6.45) is 1.73. The molecule has 0 radical (unpaired) electrons. The molecule has 0 unspecified atom stereocenters. The Bertz CT molecular complexity index is 950. The number of hydrogen-bond acceptors (Lipinski definition) is 6. The maximum atomic E-state index is 13.9. The van der Waals surface area contributed by atoms with Crippen molar-refractivity contribution in [1.29, 1.82) is 0 Å². The number of aromatic nitrogens is 5. The smallest absolute Gasteiger partial charge is 0.191 e. The molecular weight excluding hydrogens is 400 g/mol. The number of rotatable bonds is 8. The minimum Gasteiger partial charge on any atom is -0.301 e. The maximum Gasteiger partial charge on any atom is 0.191 e. The van der Waals surface area contributed by atoms with Gasteiger partial charge in [-0.2, -0.15) is 0 Å². The average Bonchev–Trinajstić information content (AvgIpc) is 3.01. The van der Waals surface area contributed by atoms with E-state index in [1.807, 2.05) is 24.5 Å². The molecule has 0 saturated heterocycles. The van der Waals surface area contributed by atoms with E-state index in [1.165, 1.54) is 41.7 Å². The molecule has 2 aromatic heterocycles. The molecule has 9 heteroatoms. The van der Waals surface area contributed by atoms with Crippen LogP contribution in [0.15, 0.2) is 47.2 Å². The molecule has 0 aliphatic carbocycles. The van der Waals surface area contributed by atoms with Gasteiger partial charge in [0.05, 0.1) is 5.75 Å². The predicted octanol–water partition coefficient (Wildman–Crippen LogP) is 4.73. The van der Waals surface area contributed by atoms with Gasteiger partial charge in [0, 0.05) is 29.2 Å². The standard InChI is InChI=1S/C19H19F2N5S2/c1-4-8-26-17(11-27-18-22-12(2)9-13(3)23-18)24-25-19(26)28-10-14-15(20)6-5-7-16(14)21/h4-7,9H,1,8,10-11H2,2-3H3. The summed E-state index contributed by atoms with van der Waals surface area (Å²) in [5.41, 5.74) is 1.84. The lowest BCUT2D eigenvalue weighted by Crippen LogP contribution is -2.04. The number of hydrogen-bond donors (Lipinski definition) is 0. The molecule has 0 spiro atoms. The topological polar surface area (TPSA) is 56.5 Å². The fourth-order valence-corrected chi connectivity index (χ4v) is 4.41. The molecule has 2 heterocycles. The van der Waals surface area contributed by atoms with Crippen LogP contribution in [-0.2, 0) is 18.1 Å². The highest BCUT2D eigenvalue weighted by Crippen LogP contribution is 2.27. The molecule has 28 heavy (non-hydrogen) atoms. The molecule has 0 saturated carbocycles. The summed E-state index contributed by atoms with van der Waals surface area (Å²) in [5, 5.41) is 9.68. The van der Waals surface area contributed by atoms with Gasteiger partial charge in [-0.05, 0) is 32.0 Å². The summed E-state index contributed by atoms with van der Waals surface area (Å²) in [6, 6.07) is 5.77. The first-order valence-electron chi connectivity index (χ1n) is 8.51. The molecule has 0 amide bonds. The van der Waals surface area contributed by atoms with E-state index in [1.54, 1.807) is 6.08 Å². The van der Waals surface area contributed by atoms with Crippen molar-refractivity contribution in [2.24, 2.45) is 0 Å². The third kappa shape index (κ3) is 4.96. The van der Waals surface area contributed by atoms with Crippen molar-refractivity contribution in [3.05, 3.63) is 71.3 Å². The average molecular weight is 420 g/mol. The van der Waals surface area contributed by atoms with Crippen LogP contribution in [0.4, 0.5) is 8.78 Å². The van der Waals surface area contributed by atoms with Crippen LogP contribution in [0.5, 0.6) is 0 Å². The van der Waals surface area contributed by atoms with Crippen molar-refractivity contribution in [1.82, 2.24) is 24.7 Å². The summed E-state index contributed by atoms with van der Waals surface area (Å²) >= 11 is 2.70. The van der Waals surface area contributed by atoms with Crippen LogP contribution in [-0.4, -0.2) is 24.7 Å². The third-order valence-corrected chi connectivity index (χ3v) is 5.64. The molecule has 1 aromatic carbocycles. The van der Waals surface area contributed by atoms with E-state index in [4.69, 9.17) is 0 Å². The Morgan fingerprint density at radius 1 is 1.04 bits per heavy atom. The molecule has 0 bridgehead atoms. The largest absolute Gasteiger partial charge is 0.301 e. The van der Waals surface area contributed by atoms with E-state index in [9.17, 15) is 8.78 Å². The van der Waals surface area contributed by atoms with Crippen molar-refractivity contribution in [3.63, 3.8) is 0 Å². The number of thioether (sulfide) groups is 2. The zero-order valence-corrected chi connectivity index (χ0v) is 17.2. The molecule has 0 aliphatic heterocycles. The van der Waals surface area contributed by atoms with Gasteiger partial charge in [-0.15, -0.1) is 16.8 Å². The van der Waals surface area contributed by atoms with Crippen LogP contribution >= 0.6 is 23.5 Å². The van der Waals surface area contributed by atoms with E-state index in [0.29, 0.717) is 22.6 Å². The molecule has 0 atom stereocenters. The summed E-state index contributed by atoms with van der Waals surface area (Å²) in [6.45, 7) is 8.12. The summed E-state index contributed by atoms with van der Waals surface area (Å²) < 4.78 is 29.6. The number of allylic oxidation sites excluding steroid dienone is 1. The van der Waals surface area contributed by atoms with Crippen molar-refractivity contribution in [3.8, 4) is 0 Å². The van der Waals surface area contributed by atoms with Gasteiger partial charge in [-0.3, -0.25) is 0 Å². The Hall–Kier alpha value is -2.26. The zero-order chi connectivity index (χ0) is 20.1. The van der Waals surface area contributed by atoms with Crippen LogP contribution < -0.4 is 0 Å². The minimum absolute atomic E-state index is 0.0280. The van der Waals surface area contributed by atoms with Crippen molar-refractivity contribution >= 4 is 23.5 Å². The molecule has 3 rings (SSSR count). The number of halogens is 2. The van der Waals surface area contributed by atoms with Crippen molar-refractivity contribution in [2.75, 3.05) is 0 Å². The number of benzene rings is 1. The van der Waals surface area contributed by atoms with E-state index in [0.717, 1.165) is 17.2 Å². The fraction of sp³-hybridized carbons (Fsp3) is 0.263. The Morgan fingerprint density at radius 2 is 1.71 bits per heavy atom. The quantitative estimate of drug-likeness (QED) is 0.299. The minimum atomic E-state index is -0.565. The Balaban J connectivity index is 1.74. The van der Waals surface area contributed by atoms with E-state index in [2.05, 4.69) is 26.7 Å². The van der Waals surface area contributed by atoms with E-state index >= 15 is 0 Å². The molecule has 146 valence electrons. The van der Waals surface area contributed by atoms with E-state index in [-0.39, 0.29) is 11.3 Å². The Labute approximate surface area is 170 Å². The van der Waals surface area contributed by atoms with Gasteiger partial charge < -0.3 is 4.57 Å². The van der Waals surface area contributed by atoms with Crippen LogP contribution in [0.1, 0.15) is 22.8 Å². The summed E-state index contributed by atoms with van der Waals surface area (Å²) in [5.74, 6) is 0.249. The normalized spacial score (nSPS) is 11.0. The Kier molecular flexibility index (Phi) is 6.79. The maximum absolute atomic E-state index is 13.9. The van der Waals surface area contributed by atoms with Crippen molar-refractivity contribution in [2.45, 2.75) is 42.2 Å². The van der Waals surface area contributed by atoms with Gasteiger partial charge in [0.15, 0.2) is 10.3 Å². The Morgan fingerprint density at radius 3 is 2.36 bits per heavy atom. The summed E-state index contributed by atoms with van der Waals surface area (Å²) in [4.78, 5) is 8.83. The van der Waals surface area contributed by atoms with Crippen LogP contribution in [0.2, 0.25) is 0 Å². The number of aryl methyl sites for hydroxylation is 2. The molecule has 0 N–H and O–H groups in total. The van der Waals surface area contributed by atoms with Crippen LogP contribution in [0, 0.1) is 25.5 Å². The lowest BCUT2D eigenvalue weighted by molar-refractivity contribution is 0.566. The first-order valence-corrected chi connectivity index (χ1v) is 10.5. The third-order valence-electron chi connectivity index (χ3n) is 3.80. The summed E-state index contributed by atoms with van der Waals surface area (Å²) in [7, 11) is 0. The number of nitrogens with zero attached hydrogens (tertiary/aromatic N) is 5. The van der Waals surface area contributed by atoms with Crippen LogP contribution in [0.25, 0.3) is 0 Å². The monoisotopic (exact) mass is 419 g/mol. The van der Waals surface area contributed by atoms with Gasteiger partial charge in [0.2, 0.25) is 0 Å². The first kappa shape index (κ1) is 20.5. The van der Waals surface area contributed by atoms with E-state index < -0.39 is 11.6 Å². The second-order valence-electron chi connectivity index (χ2n) is 6.01. The SMILES string of the molecule is C=CCn1c(CSc2nc(C)cc(C)n2)nnc1SCc1c(F)cccc1F. The molecule has 0 aliphatic rings. The van der Waals surface area contributed by atoms with Crippen LogP contribution in [0.3, 0.4) is 0 Å². The van der Waals surface area contributed by atoms with Gasteiger partial charge in [-0.1, -0.05) is 35.7 Å². The highest BCUT2D eigenvalue weighted by Gasteiger charge is 2.15. The van der Waals surface area contributed by atoms with Gasteiger partial charge in [0.25, 0.3) is 0 Å².